The van der Waals surface area contributed by atoms with Gasteiger partial charge in [0.25, 0.3) is 5.91 Å². The molecule has 3 rings (SSSR count). The van der Waals surface area contributed by atoms with Crippen molar-refractivity contribution in [2.45, 2.75) is 45.1 Å². The molecule has 1 aromatic rings. The maximum absolute atomic E-state index is 12.7. The van der Waals surface area contributed by atoms with Gasteiger partial charge in [-0.15, -0.1) is 0 Å². The van der Waals surface area contributed by atoms with Gasteiger partial charge in [-0.1, -0.05) is 19.4 Å². The Morgan fingerprint density at radius 3 is 2.73 bits per heavy atom. The lowest BCUT2D eigenvalue weighted by Crippen LogP contribution is -2.43. The van der Waals surface area contributed by atoms with Crippen molar-refractivity contribution in [3.63, 3.8) is 0 Å². The second kappa shape index (κ2) is 9.59. The quantitative estimate of drug-likeness (QED) is 0.576. The van der Waals surface area contributed by atoms with E-state index in [1.807, 2.05) is 6.92 Å². The number of anilines is 1. The van der Waals surface area contributed by atoms with Crippen LogP contribution in [-0.4, -0.2) is 68.3 Å². The van der Waals surface area contributed by atoms with Gasteiger partial charge in [-0.2, -0.15) is 0 Å². The molecule has 0 aromatic heterocycles. The van der Waals surface area contributed by atoms with Gasteiger partial charge in [-0.3, -0.25) is 9.59 Å². The van der Waals surface area contributed by atoms with Crippen LogP contribution < -0.4 is 4.90 Å². The van der Waals surface area contributed by atoms with Crippen LogP contribution in [0.25, 0.3) is 0 Å². The summed E-state index contributed by atoms with van der Waals surface area (Å²) in [4.78, 5) is 40.3. The first kappa shape index (κ1) is 22.3. The third kappa shape index (κ3) is 5.38. The number of benzene rings is 1. The average molecular weight is 437 g/mol. The Morgan fingerprint density at radius 1 is 1.30 bits per heavy atom. The van der Waals surface area contributed by atoms with Crippen molar-refractivity contribution in [2.24, 2.45) is 0 Å². The van der Waals surface area contributed by atoms with E-state index in [1.165, 1.54) is 0 Å². The fraction of sp³-hybridized carbons (Fsp3) is 0.571. The molecule has 1 aromatic carbocycles. The van der Waals surface area contributed by atoms with Gasteiger partial charge in [0.15, 0.2) is 16.4 Å². The van der Waals surface area contributed by atoms with Gasteiger partial charge in [-0.25, -0.2) is 13.2 Å². The summed E-state index contributed by atoms with van der Waals surface area (Å²) in [5, 5.41) is 0. The number of amides is 2. The topological polar surface area (TPSA) is 101 Å². The highest BCUT2D eigenvalue weighted by atomic mass is 32.2. The average Bonchev–Trinajstić information content (AvgIpc) is 3.31. The van der Waals surface area contributed by atoms with Crippen LogP contribution in [0.1, 0.15) is 49.4 Å². The summed E-state index contributed by atoms with van der Waals surface area (Å²) in [6.07, 6.45) is 3.31. The van der Waals surface area contributed by atoms with E-state index >= 15 is 0 Å². The van der Waals surface area contributed by atoms with Crippen LogP contribution in [0, 0.1) is 0 Å². The maximum Gasteiger partial charge on any atom is 0.338 e. The number of hydrogen-bond acceptors (Lipinski definition) is 6. The van der Waals surface area contributed by atoms with Gasteiger partial charge in [0.2, 0.25) is 5.91 Å². The van der Waals surface area contributed by atoms with Gasteiger partial charge in [0.1, 0.15) is 0 Å². The molecule has 0 spiro atoms. The van der Waals surface area contributed by atoms with Crippen molar-refractivity contribution >= 4 is 33.3 Å². The number of esters is 1. The fourth-order valence-electron chi connectivity index (χ4n) is 3.88. The molecule has 0 bridgehead atoms. The number of carbonyl (C=O) groups excluding carboxylic acids is 3. The normalized spacial score (nSPS) is 20.4. The molecule has 2 amide bonds. The molecule has 2 fully saturated rings. The molecule has 8 nitrogen and oxygen atoms in total. The lowest BCUT2D eigenvalue weighted by molar-refractivity contribution is -0.136. The van der Waals surface area contributed by atoms with Crippen molar-refractivity contribution in [3.8, 4) is 0 Å². The van der Waals surface area contributed by atoms with E-state index in [0.717, 1.165) is 19.3 Å². The van der Waals surface area contributed by atoms with E-state index in [-0.39, 0.29) is 34.9 Å². The first-order valence-electron chi connectivity index (χ1n) is 10.4. The molecule has 2 aliphatic heterocycles. The predicted molar refractivity (Wildman–Crippen MR) is 112 cm³/mol. The van der Waals surface area contributed by atoms with E-state index in [0.29, 0.717) is 31.6 Å². The number of rotatable bonds is 8. The smallest absolute Gasteiger partial charge is 0.338 e. The van der Waals surface area contributed by atoms with Crippen LogP contribution in [0.5, 0.6) is 0 Å². The first-order valence-corrected chi connectivity index (χ1v) is 12.2. The second-order valence-corrected chi connectivity index (χ2v) is 10.0. The first-order chi connectivity index (χ1) is 14.3. The van der Waals surface area contributed by atoms with Crippen LogP contribution in [0.3, 0.4) is 0 Å². The Bertz CT molecular complexity index is 914. The van der Waals surface area contributed by atoms with Crippen LogP contribution in [0.4, 0.5) is 5.69 Å². The van der Waals surface area contributed by atoms with Crippen molar-refractivity contribution in [1.82, 2.24) is 4.90 Å². The molecule has 0 saturated carbocycles. The second-order valence-electron chi connectivity index (χ2n) is 7.77. The molecule has 30 heavy (non-hydrogen) atoms. The zero-order valence-electron chi connectivity index (χ0n) is 17.2. The fourth-order valence-corrected chi connectivity index (χ4v) is 5.61. The van der Waals surface area contributed by atoms with Crippen molar-refractivity contribution < 1.29 is 27.5 Å². The van der Waals surface area contributed by atoms with E-state index in [1.54, 1.807) is 34.1 Å². The molecule has 0 N–H and O–H groups in total. The minimum atomic E-state index is -3.12. The molecule has 2 heterocycles. The van der Waals surface area contributed by atoms with Crippen LogP contribution in [-0.2, 0) is 24.2 Å². The number of carbonyl (C=O) groups is 3. The van der Waals surface area contributed by atoms with Gasteiger partial charge in [0.05, 0.1) is 17.1 Å². The molecular formula is C21H28N2O6S. The summed E-state index contributed by atoms with van der Waals surface area (Å²) in [5.74, 6) is -0.970. The Balaban J connectivity index is 1.62. The number of sulfone groups is 1. The summed E-state index contributed by atoms with van der Waals surface area (Å²) in [7, 11) is -3.12. The Kier molecular flexibility index (Phi) is 7.12. The molecule has 2 aliphatic rings. The zero-order valence-corrected chi connectivity index (χ0v) is 18.0. The number of hydrogen-bond donors (Lipinski definition) is 0. The number of unbranched alkanes of at least 4 members (excludes halogenated alkanes) is 1. The highest BCUT2D eigenvalue weighted by molar-refractivity contribution is 7.91. The van der Waals surface area contributed by atoms with E-state index in [4.69, 9.17) is 4.74 Å². The van der Waals surface area contributed by atoms with Crippen LogP contribution >= 0.6 is 0 Å². The number of ether oxygens (including phenoxy) is 1. The summed E-state index contributed by atoms with van der Waals surface area (Å²) < 4.78 is 28.8. The van der Waals surface area contributed by atoms with Crippen LogP contribution in [0.2, 0.25) is 0 Å². The van der Waals surface area contributed by atoms with E-state index < -0.39 is 22.4 Å². The number of nitrogens with zero attached hydrogens (tertiary/aromatic N) is 2. The Hall–Kier alpha value is -2.42. The molecule has 0 radical (unpaired) electrons. The molecule has 9 heteroatoms. The molecule has 1 atom stereocenters. The highest BCUT2D eigenvalue weighted by Gasteiger charge is 2.34. The summed E-state index contributed by atoms with van der Waals surface area (Å²) in [6.45, 7) is 2.62. The monoisotopic (exact) mass is 436 g/mol. The highest BCUT2D eigenvalue weighted by Crippen LogP contribution is 2.23. The standard InChI is InChI=1S/C21H28N2O6S/c1-2-3-10-23(18-9-12-30(27,28)15-18)20(25)14-29-21(26)16-6-4-7-17(13-16)22-11-5-8-19(22)24/h4,6-7,13,18H,2-3,5,8-12,14-15H2,1H3. The predicted octanol–water partition coefficient (Wildman–Crippen LogP) is 1.79. The largest absolute Gasteiger partial charge is 0.452 e. The molecule has 2 saturated heterocycles. The van der Waals surface area contributed by atoms with Gasteiger partial charge in [0, 0.05) is 31.2 Å². The third-order valence-corrected chi connectivity index (χ3v) is 7.27. The molecule has 0 aliphatic carbocycles. The molecule has 164 valence electrons. The minimum Gasteiger partial charge on any atom is -0.452 e. The Morgan fingerprint density at radius 2 is 2.10 bits per heavy atom. The van der Waals surface area contributed by atoms with Gasteiger partial charge in [-0.05, 0) is 37.5 Å². The molecular weight excluding hydrogens is 408 g/mol. The Labute approximate surface area is 177 Å². The third-order valence-electron chi connectivity index (χ3n) is 5.52. The van der Waals surface area contributed by atoms with Gasteiger partial charge >= 0.3 is 5.97 Å². The van der Waals surface area contributed by atoms with E-state index in [9.17, 15) is 22.8 Å². The van der Waals surface area contributed by atoms with Gasteiger partial charge < -0.3 is 14.5 Å². The lowest BCUT2D eigenvalue weighted by atomic mass is 10.2. The lowest BCUT2D eigenvalue weighted by Gasteiger charge is -2.28. The molecule has 1 unspecified atom stereocenters. The zero-order chi connectivity index (χ0) is 21.7. The van der Waals surface area contributed by atoms with Crippen molar-refractivity contribution in [1.29, 1.82) is 0 Å². The van der Waals surface area contributed by atoms with Crippen molar-refractivity contribution in [2.75, 3.05) is 36.1 Å². The minimum absolute atomic E-state index is 0.0220. The summed E-state index contributed by atoms with van der Waals surface area (Å²) in [6, 6.07) is 6.25. The maximum atomic E-state index is 12.7. The summed E-state index contributed by atoms with van der Waals surface area (Å²) in [5.41, 5.74) is 0.905. The van der Waals surface area contributed by atoms with Crippen LogP contribution in [0.15, 0.2) is 24.3 Å². The van der Waals surface area contributed by atoms with E-state index in [2.05, 4.69) is 0 Å². The SMILES string of the molecule is CCCCN(C(=O)COC(=O)c1cccc(N2CCCC2=O)c1)C1CCS(=O)(=O)C1. The van der Waals surface area contributed by atoms with Crippen molar-refractivity contribution in [3.05, 3.63) is 29.8 Å². The summed E-state index contributed by atoms with van der Waals surface area (Å²) >= 11 is 0.